The van der Waals surface area contributed by atoms with Crippen LogP contribution >= 0.6 is 11.3 Å². The summed E-state index contributed by atoms with van der Waals surface area (Å²) >= 11 is 1.88. The minimum atomic E-state index is 1.09. The summed E-state index contributed by atoms with van der Waals surface area (Å²) in [5.41, 5.74) is 4.74. The molecule has 0 unspecified atom stereocenters. The summed E-state index contributed by atoms with van der Waals surface area (Å²) in [6.07, 6.45) is 0. The maximum absolute atomic E-state index is 3.74. The zero-order chi connectivity index (χ0) is 22.5. The Hall–Kier alpha value is -4.14. The van der Waals surface area contributed by atoms with Crippen molar-refractivity contribution < 1.29 is 0 Å². The van der Waals surface area contributed by atoms with E-state index < -0.39 is 0 Å². The predicted molar refractivity (Wildman–Crippen MR) is 150 cm³/mol. The van der Waals surface area contributed by atoms with Crippen molar-refractivity contribution in [3.05, 3.63) is 121 Å². The Kier molecular flexibility index (Phi) is 4.39. The van der Waals surface area contributed by atoms with Crippen molar-refractivity contribution in [1.82, 2.24) is 0 Å². The third-order valence-electron chi connectivity index (χ3n) is 6.63. The Bertz CT molecular complexity index is 1820. The maximum Gasteiger partial charge on any atom is 0.0485 e. The van der Waals surface area contributed by atoms with Crippen LogP contribution in [0.15, 0.2) is 121 Å². The third-order valence-corrected chi connectivity index (χ3v) is 7.84. The maximum atomic E-state index is 3.74. The number of rotatable bonds is 3. The van der Waals surface area contributed by atoms with Gasteiger partial charge in [0.1, 0.15) is 0 Å². The summed E-state index contributed by atoms with van der Waals surface area (Å²) in [7, 11) is 0. The molecule has 0 aliphatic rings. The van der Waals surface area contributed by atoms with Gasteiger partial charge in [-0.05, 0) is 56.9 Å². The minimum Gasteiger partial charge on any atom is -0.355 e. The first kappa shape index (κ1) is 19.3. The van der Waals surface area contributed by atoms with Gasteiger partial charge in [-0.3, -0.25) is 0 Å². The van der Waals surface area contributed by atoms with E-state index in [4.69, 9.17) is 0 Å². The van der Waals surface area contributed by atoms with E-state index in [-0.39, 0.29) is 0 Å². The molecule has 7 aromatic rings. The van der Waals surface area contributed by atoms with Crippen molar-refractivity contribution in [2.75, 3.05) is 5.32 Å². The van der Waals surface area contributed by atoms with Crippen LogP contribution in [-0.4, -0.2) is 0 Å². The van der Waals surface area contributed by atoms with Gasteiger partial charge in [0, 0.05) is 31.5 Å². The molecule has 1 N–H and O–H groups in total. The Morgan fingerprint density at radius 3 is 2.06 bits per heavy atom. The molecule has 1 nitrogen and oxygen atoms in total. The molecule has 0 saturated heterocycles. The Morgan fingerprint density at radius 1 is 0.529 bits per heavy atom. The van der Waals surface area contributed by atoms with Crippen molar-refractivity contribution >= 4 is 64.4 Å². The molecule has 0 atom stereocenters. The molecule has 0 aliphatic carbocycles. The first-order chi connectivity index (χ1) is 16.8. The third kappa shape index (κ3) is 3.07. The molecular formula is C32H21NS. The molecule has 0 bridgehead atoms. The minimum absolute atomic E-state index is 1.09. The number of thiophene rings is 1. The quantitative estimate of drug-likeness (QED) is 0.282. The Morgan fingerprint density at radius 2 is 1.21 bits per heavy atom. The lowest BCUT2D eigenvalue weighted by Crippen LogP contribution is -1.92. The van der Waals surface area contributed by atoms with Gasteiger partial charge in [0.15, 0.2) is 0 Å². The number of nitrogens with one attached hydrogen (secondary N) is 1. The van der Waals surface area contributed by atoms with E-state index in [2.05, 4.69) is 127 Å². The second-order valence-electron chi connectivity index (χ2n) is 8.68. The van der Waals surface area contributed by atoms with Crippen molar-refractivity contribution in [2.45, 2.75) is 0 Å². The van der Waals surface area contributed by atoms with Crippen molar-refractivity contribution in [2.24, 2.45) is 0 Å². The smallest absolute Gasteiger partial charge is 0.0485 e. The second kappa shape index (κ2) is 7.72. The summed E-state index contributed by atoms with van der Waals surface area (Å²) in [5.74, 6) is 0. The highest BCUT2D eigenvalue weighted by Gasteiger charge is 2.13. The van der Waals surface area contributed by atoms with Gasteiger partial charge in [-0.2, -0.15) is 0 Å². The highest BCUT2D eigenvalue weighted by molar-refractivity contribution is 7.26. The number of fused-ring (bicyclic) bond motifs is 6. The van der Waals surface area contributed by atoms with Crippen LogP contribution in [-0.2, 0) is 0 Å². The summed E-state index contributed by atoms with van der Waals surface area (Å²) in [6.45, 7) is 0. The van der Waals surface area contributed by atoms with Crippen LogP contribution in [0.25, 0.3) is 52.8 Å². The standard InChI is InChI=1S/C32H21NS/c1-3-11-25-21(8-1)10-7-14-26(25)22-16-18-24(19-17-22)33-29-20-23-9-2-4-12-27(23)32-31(29)28-13-5-6-15-30(28)34-32/h1-20,33H. The van der Waals surface area contributed by atoms with Gasteiger partial charge in [0.05, 0.1) is 0 Å². The van der Waals surface area contributed by atoms with Crippen LogP contribution in [0.1, 0.15) is 0 Å². The average molecular weight is 452 g/mol. The lowest BCUT2D eigenvalue weighted by Gasteiger charge is -2.12. The molecule has 1 aromatic heterocycles. The number of hydrogen-bond donors (Lipinski definition) is 1. The fourth-order valence-electron chi connectivity index (χ4n) is 5.02. The highest BCUT2D eigenvalue weighted by atomic mass is 32.1. The van der Waals surface area contributed by atoms with Gasteiger partial charge in [0.25, 0.3) is 0 Å². The molecule has 0 saturated carbocycles. The van der Waals surface area contributed by atoms with E-state index in [1.165, 1.54) is 52.8 Å². The first-order valence-electron chi connectivity index (χ1n) is 11.5. The topological polar surface area (TPSA) is 12.0 Å². The van der Waals surface area contributed by atoms with Crippen LogP contribution in [0.3, 0.4) is 0 Å². The van der Waals surface area contributed by atoms with Crippen molar-refractivity contribution in [1.29, 1.82) is 0 Å². The normalized spacial score (nSPS) is 11.5. The first-order valence-corrected chi connectivity index (χ1v) is 12.3. The van der Waals surface area contributed by atoms with E-state index >= 15 is 0 Å². The number of benzene rings is 6. The van der Waals surface area contributed by atoms with E-state index in [1.54, 1.807) is 0 Å². The van der Waals surface area contributed by atoms with Crippen LogP contribution in [0.5, 0.6) is 0 Å². The van der Waals surface area contributed by atoms with Gasteiger partial charge in [-0.15, -0.1) is 11.3 Å². The monoisotopic (exact) mass is 451 g/mol. The van der Waals surface area contributed by atoms with Gasteiger partial charge in [-0.1, -0.05) is 97.1 Å². The predicted octanol–water partition coefficient (Wildman–Crippen LogP) is 9.77. The van der Waals surface area contributed by atoms with E-state index in [0.29, 0.717) is 0 Å². The van der Waals surface area contributed by atoms with Gasteiger partial charge in [-0.25, -0.2) is 0 Å². The molecule has 0 radical (unpaired) electrons. The van der Waals surface area contributed by atoms with Crippen molar-refractivity contribution in [3.63, 3.8) is 0 Å². The van der Waals surface area contributed by atoms with E-state index in [9.17, 15) is 0 Å². The summed E-state index contributed by atoms with van der Waals surface area (Å²) < 4.78 is 2.66. The molecule has 0 fully saturated rings. The number of anilines is 2. The van der Waals surface area contributed by atoms with Crippen LogP contribution in [0, 0.1) is 0 Å². The number of hydrogen-bond acceptors (Lipinski definition) is 2. The molecule has 1 heterocycles. The fraction of sp³-hybridized carbons (Fsp3) is 0. The van der Waals surface area contributed by atoms with Gasteiger partial charge >= 0.3 is 0 Å². The van der Waals surface area contributed by atoms with Crippen LogP contribution < -0.4 is 5.32 Å². The molecule has 0 aliphatic heterocycles. The zero-order valence-electron chi connectivity index (χ0n) is 18.5. The van der Waals surface area contributed by atoms with E-state index in [0.717, 1.165) is 11.4 Å². The molecule has 34 heavy (non-hydrogen) atoms. The fourth-order valence-corrected chi connectivity index (χ4v) is 6.29. The average Bonchev–Trinajstić information content (AvgIpc) is 3.29. The molecule has 160 valence electrons. The van der Waals surface area contributed by atoms with Crippen LogP contribution in [0.2, 0.25) is 0 Å². The van der Waals surface area contributed by atoms with Crippen LogP contribution in [0.4, 0.5) is 11.4 Å². The largest absolute Gasteiger partial charge is 0.355 e. The highest BCUT2D eigenvalue weighted by Crippen LogP contribution is 2.43. The molecule has 2 heteroatoms. The Balaban J connectivity index is 1.35. The summed E-state index contributed by atoms with van der Waals surface area (Å²) in [5, 5.41) is 11.5. The van der Waals surface area contributed by atoms with Crippen molar-refractivity contribution in [3.8, 4) is 11.1 Å². The molecule has 6 aromatic carbocycles. The second-order valence-corrected chi connectivity index (χ2v) is 9.73. The van der Waals surface area contributed by atoms with Gasteiger partial charge in [0.2, 0.25) is 0 Å². The van der Waals surface area contributed by atoms with Gasteiger partial charge < -0.3 is 5.32 Å². The molecule has 7 rings (SSSR count). The summed E-state index contributed by atoms with van der Waals surface area (Å²) in [6, 6.07) is 43.6. The zero-order valence-corrected chi connectivity index (χ0v) is 19.3. The lowest BCUT2D eigenvalue weighted by molar-refractivity contribution is 1.58. The molecular weight excluding hydrogens is 430 g/mol. The lowest BCUT2D eigenvalue weighted by atomic mass is 9.98. The summed E-state index contributed by atoms with van der Waals surface area (Å²) in [4.78, 5) is 0. The Labute approximate surface area is 201 Å². The molecule has 0 spiro atoms. The van der Waals surface area contributed by atoms with E-state index in [1.807, 2.05) is 11.3 Å². The SMILES string of the molecule is c1ccc2c(-c3ccc(Nc4cc5ccccc5c5sc6ccccc6c45)cc3)cccc2c1. The molecule has 0 amide bonds.